The Labute approximate surface area is 220 Å². The van der Waals surface area contributed by atoms with E-state index in [1.54, 1.807) is 0 Å². The van der Waals surface area contributed by atoms with E-state index in [-0.39, 0.29) is 23.7 Å². The SMILES string of the molecule is C.CC(C)(CCC(C)(c1ccccc1)c1ccccc1)CCC(C)(c1ccccc1)c1ccccc1. The lowest BCUT2D eigenvalue weighted by molar-refractivity contribution is 0.249. The van der Waals surface area contributed by atoms with E-state index >= 15 is 0 Å². The molecule has 0 saturated heterocycles. The van der Waals surface area contributed by atoms with Crippen molar-refractivity contribution in [2.75, 3.05) is 0 Å². The highest BCUT2D eigenvalue weighted by atomic mass is 14.4. The molecule has 0 heterocycles. The molecule has 4 aromatic carbocycles. The lowest BCUT2D eigenvalue weighted by Gasteiger charge is -2.38. The Morgan fingerprint density at radius 3 is 0.806 bits per heavy atom. The van der Waals surface area contributed by atoms with E-state index in [4.69, 9.17) is 0 Å². The van der Waals surface area contributed by atoms with Crippen LogP contribution in [-0.4, -0.2) is 0 Å². The zero-order valence-corrected chi connectivity index (χ0v) is 21.9. The van der Waals surface area contributed by atoms with Crippen molar-refractivity contribution in [2.24, 2.45) is 5.41 Å². The van der Waals surface area contributed by atoms with Crippen molar-refractivity contribution >= 4 is 0 Å². The third-order valence-electron chi connectivity index (χ3n) is 8.25. The molecule has 0 atom stereocenters. The van der Waals surface area contributed by atoms with Gasteiger partial charge in [0.15, 0.2) is 0 Å². The number of benzene rings is 4. The first-order valence-electron chi connectivity index (χ1n) is 13.1. The quantitative estimate of drug-likeness (QED) is 0.213. The van der Waals surface area contributed by atoms with Crippen LogP contribution in [0, 0.1) is 5.41 Å². The molecule has 0 aromatic heterocycles. The molecular weight excluding hydrogens is 432 g/mol. The minimum absolute atomic E-state index is 0. The first-order valence-corrected chi connectivity index (χ1v) is 13.1. The molecule has 0 saturated carbocycles. The van der Waals surface area contributed by atoms with Crippen molar-refractivity contribution in [1.82, 2.24) is 0 Å². The summed E-state index contributed by atoms with van der Waals surface area (Å²) in [5.41, 5.74) is 5.85. The minimum Gasteiger partial charge on any atom is -0.0776 e. The lowest BCUT2D eigenvalue weighted by Crippen LogP contribution is -2.29. The Balaban J connectivity index is 0.00000361. The second-order valence-corrected chi connectivity index (χ2v) is 11.3. The average Bonchev–Trinajstić information content (AvgIpc) is 2.92. The Morgan fingerprint density at radius 2 is 0.583 bits per heavy atom. The molecule has 36 heavy (non-hydrogen) atoms. The van der Waals surface area contributed by atoms with E-state index in [1.807, 2.05) is 0 Å². The average molecular weight is 477 g/mol. The highest BCUT2D eigenvalue weighted by Gasteiger charge is 2.34. The first-order chi connectivity index (χ1) is 16.8. The zero-order chi connectivity index (χ0) is 24.8. The third-order valence-corrected chi connectivity index (χ3v) is 8.25. The monoisotopic (exact) mass is 476 g/mol. The molecule has 0 bridgehead atoms. The highest BCUT2D eigenvalue weighted by Crippen LogP contribution is 2.44. The van der Waals surface area contributed by atoms with Crippen LogP contribution in [0.1, 0.15) is 83.1 Å². The predicted molar refractivity (Wildman–Crippen MR) is 158 cm³/mol. The van der Waals surface area contributed by atoms with E-state index in [0.29, 0.717) is 0 Å². The molecule has 0 fully saturated rings. The number of hydrogen-bond donors (Lipinski definition) is 0. The van der Waals surface area contributed by atoms with Gasteiger partial charge in [-0.05, 0) is 53.4 Å². The summed E-state index contributed by atoms with van der Waals surface area (Å²) in [6, 6.07) is 44.2. The Hall–Kier alpha value is -3.12. The van der Waals surface area contributed by atoms with Gasteiger partial charge in [0.05, 0.1) is 0 Å². The van der Waals surface area contributed by atoms with Gasteiger partial charge in [0.2, 0.25) is 0 Å². The van der Waals surface area contributed by atoms with Gasteiger partial charge in [-0.15, -0.1) is 0 Å². The molecule has 0 aliphatic rings. The van der Waals surface area contributed by atoms with E-state index in [2.05, 4.69) is 149 Å². The molecule has 4 rings (SSSR count). The highest BCUT2D eigenvalue weighted by molar-refractivity contribution is 5.39. The Bertz CT molecular complexity index is 984. The van der Waals surface area contributed by atoms with Crippen LogP contribution in [0.15, 0.2) is 121 Å². The van der Waals surface area contributed by atoms with Crippen molar-refractivity contribution in [3.8, 4) is 0 Å². The van der Waals surface area contributed by atoms with Gasteiger partial charge in [0.1, 0.15) is 0 Å². The summed E-state index contributed by atoms with van der Waals surface area (Å²) in [5.74, 6) is 0. The second-order valence-electron chi connectivity index (χ2n) is 11.3. The van der Waals surface area contributed by atoms with Crippen molar-refractivity contribution in [2.45, 2.75) is 71.6 Å². The summed E-state index contributed by atoms with van der Waals surface area (Å²) in [6.07, 6.45) is 4.60. The second kappa shape index (κ2) is 11.7. The molecule has 0 radical (unpaired) electrons. The van der Waals surface area contributed by atoms with E-state index in [0.717, 1.165) is 12.8 Å². The maximum Gasteiger partial charge on any atom is 0.0174 e. The van der Waals surface area contributed by atoms with Crippen molar-refractivity contribution < 1.29 is 0 Å². The van der Waals surface area contributed by atoms with Gasteiger partial charge in [-0.2, -0.15) is 0 Å². The molecular formula is C36H44. The van der Waals surface area contributed by atoms with Gasteiger partial charge in [0.25, 0.3) is 0 Å². The molecule has 0 aliphatic heterocycles. The number of rotatable bonds is 10. The minimum atomic E-state index is 0. The van der Waals surface area contributed by atoms with Crippen LogP contribution in [0.2, 0.25) is 0 Å². The van der Waals surface area contributed by atoms with Crippen LogP contribution in [0.4, 0.5) is 0 Å². The van der Waals surface area contributed by atoms with Crippen LogP contribution >= 0.6 is 0 Å². The molecule has 0 amide bonds. The van der Waals surface area contributed by atoms with Crippen molar-refractivity contribution in [3.05, 3.63) is 144 Å². The summed E-state index contributed by atoms with van der Waals surface area (Å²) >= 11 is 0. The third kappa shape index (κ3) is 6.16. The van der Waals surface area contributed by atoms with E-state index < -0.39 is 0 Å². The van der Waals surface area contributed by atoms with Crippen LogP contribution < -0.4 is 0 Å². The van der Waals surface area contributed by atoms with Crippen LogP contribution in [0.3, 0.4) is 0 Å². The van der Waals surface area contributed by atoms with Crippen LogP contribution in [0.5, 0.6) is 0 Å². The normalized spacial score (nSPS) is 12.1. The maximum absolute atomic E-state index is 2.46. The standard InChI is InChI=1S/C35H40.CH4/c1-33(2,25-27-34(3,29-17-9-5-10-18-29)30-19-11-6-12-20-30)26-28-35(4,31-21-13-7-14-22-31)32-23-15-8-16-24-32;/h5-24H,25-28H2,1-4H3;1H4. The molecule has 188 valence electrons. The summed E-state index contributed by atoms with van der Waals surface area (Å²) in [6.45, 7) is 9.76. The van der Waals surface area contributed by atoms with Gasteiger partial charge in [-0.25, -0.2) is 0 Å². The Kier molecular flexibility index (Phi) is 8.96. The summed E-state index contributed by atoms with van der Waals surface area (Å²) in [7, 11) is 0. The van der Waals surface area contributed by atoms with E-state index in [1.165, 1.54) is 35.1 Å². The summed E-state index contributed by atoms with van der Waals surface area (Å²) in [4.78, 5) is 0. The van der Waals surface area contributed by atoms with Crippen LogP contribution in [0.25, 0.3) is 0 Å². The predicted octanol–water partition coefficient (Wildman–Crippen LogP) is 10.2. The van der Waals surface area contributed by atoms with Gasteiger partial charge in [0, 0.05) is 10.8 Å². The van der Waals surface area contributed by atoms with E-state index in [9.17, 15) is 0 Å². The van der Waals surface area contributed by atoms with Gasteiger partial charge in [-0.1, -0.05) is 156 Å². The van der Waals surface area contributed by atoms with Crippen molar-refractivity contribution in [1.29, 1.82) is 0 Å². The fourth-order valence-electron chi connectivity index (χ4n) is 5.44. The molecule has 0 aliphatic carbocycles. The largest absolute Gasteiger partial charge is 0.0776 e. The summed E-state index contributed by atoms with van der Waals surface area (Å²) < 4.78 is 0. The molecule has 0 N–H and O–H groups in total. The molecule has 0 unspecified atom stereocenters. The molecule has 0 nitrogen and oxygen atoms in total. The molecule has 0 heteroatoms. The zero-order valence-electron chi connectivity index (χ0n) is 21.9. The molecule has 4 aromatic rings. The van der Waals surface area contributed by atoms with Gasteiger partial charge in [-0.3, -0.25) is 0 Å². The fraction of sp³-hybridized carbons (Fsp3) is 0.333. The fourth-order valence-corrected chi connectivity index (χ4v) is 5.44. The van der Waals surface area contributed by atoms with Gasteiger partial charge >= 0.3 is 0 Å². The molecule has 0 spiro atoms. The Morgan fingerprint density at radius 1 is 0.361 bits per heavy atom. The topological polar surface area (TPSA) is 0 Å². The smallest absolute Gasteiger partial charge is 0.0174 e. The summed E-state index contributed by atoms with van der Waals surface area (Å²) in [5, 5.41) is 0. The van der Waals surface area contributed by atoms with Crippen molar-refractivity contribution in [3.63, 3.8) is 0 Å². The lowest BCUT2D eigenvalue weighted by atomic mass is 9.66. The van der Waals surface area contributed by atoms with Gasteiger partial charge < -0.3 is 0 Å². The maximum atomic E-state index is 2.46. The first kappa shape index (κ1) is 27.5. The van der Waals surface area contributed by atoms with Crippen LogP contribution in [-0.2, 0) is 10.8 Å². The number of hydrogen-bond acceptors (Lipinski definition) is 0.